The second-order valence-corrected chi connectivity index (χ2v) is 8.12. The first-order chi connectivity index (χ1) is 10.6. The van der Waals surface area contributed by atoms with Gasteiger partial charge in [-0.25, -0.2) is 22.0 Å². The van der Waals surface area contributed by atoms with Crippen LogP contribution in [0.3, 0.4) is 0 Å². The monoisotopic (exact) mass is 376 g/mol. The third kappa shape index (κ3) is 4.14. The molecule has 0 heterocycles. The summed E-state index contributed by atoms with van der Waals surface area (Å²) in [7, 11) is -6.34. The van der Waals surface area contributed by atoms with Crippen molar-refractivity contribution >= 4 is 37.3 Å². The fourth-order valence-electron chi connectivity index (χ4n) is 1.75. The van der Waals surface area contributed by atoms with Gasteiger partial charge in [-0.2, -0.15) is 0 Å². The molecule has 2 aromatic carbocycles. The van der Waals surface area contributed by atoms with E-state index in [-0.39, 0.29) is 20.5 Å². The Bertz CT molecular complexity index is 925. The number of ether oxygens (including phenoxy) is 1. The van der Waals surface area contributed by atoms with Gasteiger partial charge < -0.3 is 4.74 Å². The van der Waals surface area contributed by atoms with E-state index in [2.05, 4.69) is 4.72 Å². The van der Waals surface area contributed by atoms with Gasteiger partial charge in [0.25, 0.3) is 10.0 Å². The Balaban J connectivity index is 2.30. The normalized spacial score (nSPS) is 12.0. The van der Waals surface area contributed by atoms with Crippen molar-refractivity contribution in [1.82, 2.24) is 0 Å². The standard InChI is InChI=1S/C13H13ClN2O5S2/c1-21-13-7-2-9(8-12(13)14)16-23(19,20)11-5-3-10(4-6-11)22(15,17)18/h2-8,16H,1H3,(H2,15,17,18). The van der Waals surface area contributed by atoms with Gasteiger partial charge in [0.2, 0.25) is 10.0 Å². The fraction of sp³-hybridized carbons (Fsp3) is 0.0769. The Morgan fingerprint density at radius 3 is 2.04 bits per heavy atom. The predicted molar refractivity (Wildman–Crippen MR) is 86.6 cm³/mol. The van der Waals surface area contributed by atoms with E-state index in [1.54, 1.807) is 0 Å². The zero-order chi connectivity index (χ0) is 17.3. The lowest BCUT2D eigenvalue weighted by Crippen LogP contribution is -2.15. The number of methoxy groups -OCH3 is 1. The number of rotatable bonds is 5. The van der Waals surface area contributed by atoms with Gasteiger partial charge in [-0.1, -0.05) is 11.6 Å². The highest BCUT2D eigenvalue weighted by Gasteiger charge is 2.16. The molecule has 0 fully saturated rings. The highest BCUT2D eigenvalue weighted by Crippen LogP contribution is 2.28. The molecule has 0 bridgehead atoms. The highest BCUT2D eigenvalue weighted by molar-refractivity contribution is 7.92. The molecule has 124 valence electrons. The second-order valence-electron chi connectivity index (χ2n) is 4.47. The van der Waals surface area contributed by atoms with Crippen LogP contribution >= 0.6 is 11.6 Å². The van der Waals surface area contributed by atoms with Crippen molar-refractivity contribution in [3.8, 4) is 5.75 Å². The maximum atomic E-state index is 12.3. The van der Waals surface area contributed by atoms with Gasteiger partial charge in [0.15, 0.2) is 0 Å². The van der Waals surface area contributed by atoms with Crippen LogP contribution in [0, 0.1) is 0 Å². The van der Waals surface area contributed by atoms with Crippen molar-refractivity contribution in [2.45, 2.75) is 9.79 Å². The van der Waals surface area contributed by atoms with Gasteiger partial charge in [0, 0.05) is 0 Å². The summed E-state index contributed by atoms with van der Waals surface area (Å²) < 4.78 is 54.2. The number of halogens is 1. The summed E-state index contributed by atoms with van der Waals surface area (Å²) >= 11 is 5.93. The van der Waals surface area contributed by atoms with E-state index < -0.39 is 20.0 Å². The maximum Gasteiger partial charge on any atom is 0.261 e. The Morgan fingerprint density at radius 2 is 1.57 bits per heavy atom. The first-order valence-corrected chi connectivity index (χ1v) is 9.53. The number of anilines is 1. The molecule has 0 unspecified atom stereocenters. The van der Waals surface area contributed by atoms with Crippen LogP contribution in [0.4, 0.5) is 5.69 Å². The molecule has 0 saturated heterocycles. The lowest BCUT2D eigenvalue weighted by atomic mass is 10.3. The molecule has 10 heteroatoms. The molecule has 0 radical (unpaired) electrons. The number of nitrogens with one attached hydrogen (secondary N) is 1. The predicted octanol–water partition coefficient (Wildman–Crippen LogP) is 1.80. The number of primary sulfonamides is 1. The Morgan fingerprint density at radius 1 is 1.00 bits per heavy atom. The smallest absolute Gasteiger partial charge is 0.261 e. The SMILES string of the molecule is COc1ccc(NS(=O)(=O)c2ccc(S(N)(=O)=O)cc2)cc1Cl. The molecule has 0 aromatic heterocycles. The van der Waals surface area contributed by atoms with Gasteiger partial charge in [0.1, 0.15) is 5.75 Å². The van der Waals surface area contributed by atoms with Crippen LogP contribution in [0.2, 0.25) is 5.02 Å². The summed E-state index contributed by atoms with van der Waals surface area (Å²) in [5.74, 6) is 0.409. The summed E-state index contributed by atoms with van der Waals surface area (Å²) in [4.78, 5) is -0.291. The number of hydrogen-bond donors (Lipinski definition) is 2. The zero-order valence-electron chi connectivity index (χ0n) is 11.9. The largest absolute Gasteiger partial charge is 0.495 e. The summed E-state index contributed by atoms with van der Waals surface area (Å²) in [5, 5.41) is 5.21. The molecular formula is C13H13ClN2O5S2. The van der Waals surface area contributed by atoms with Gasteiger partial charge in [0.05, 0.1) is 27.6 Å². The quantitative estimate of drug-likeness (QED) is 0.825. The van der Waals surface area contributed by atoms with Crippen LogP contribution in [-0.2, 0) is 20.0 Å². The van der Waals surface area contributed by atoms with Gasteiger partial charge in [-0.05, 0) is 42.5 Å². The van der Waals surface area contributed by atoms with Crippen LogP contribution in [0.1, 0.15) is 0 Å². The molecule has 0 aliphatic carbocycles. The molecule has 0 spiro atoms. The van der Waals surface area contributed by atoms with Crippen LogP contribution in [-0.4, -0.2) is 23.9 Å². The molecule has 0 aliphatic heterocycles. The van der Waals surface area contributed by atoms with E-state index in [0.717, 1.165) is 24.3 Å². The summed E-state index contributed by atoms with van der Waals surface area (Å²) in [5.41, 5.74) is 0.242. The number of benzene rings is 2. The first kappa shape index (κ1) is 17.5. The van der Waals surface area contributed by atoms with Crippen molar-refractivity contribution in [2.24, 2.45) is 5.14 Å². The first-order valence-electron chi connectivity index (χ1n) is 6.13. The van der Waals surface area contributed by atoms with Crippen LogP contribution in [0.25, 0.3) is 0 Å². The molecule has 2 aromatic rings. The summed E-state index contributed by atoms with van der Waals surface area (Å²) in [6, 6.07) is 8.93. The van der Waals surface area contributed by atoms with Crippen LogP contribution in [0.15, 0.2) is 52.3 Å². The molecule has 23 heavy (non-hydrogen) atoms. The van der Waals surface area contributed by atoms with Crippen molar-refractivity contribution < 1.29 is 21.6 Å². The van der Waals surface area contributed by atoms with E-state index in [9.17, 15) is 16.8 Å². The molecule has 0 saturated carbocycles. The molecule has 0 atom stereocenters. The van der Waals surface area contributed by atoms with E-state index in [1.165, 1.54) is 25.3 Å². The second kappa shape index (κ2) is 6.36. The average molecular weight is 377 g/mol. The zero-order valence-corrected chi connectivity index (χ0v) is 14.2. The third-order valence-electron chi connectivity index (χ3n) is 2.87. The minimum Gasteiger partial charge on any atom is -0.495 e. The van der Waals surface area contributed by atoms with Gasteiger partial charge in [-0.3, -0.25) is 4.72 Å². The highest BCUT2D eigenvalue weighted by atomic mass is 35.5. The fourth-order valence-corrected chi connectivity index (χ4v) is 3.58. The van der Waals surface area contributed by atoms with E-state index in [0.29, 0.717) is 5.75 Å². The van der Waals surface area contributed by atoms with Gasteiger partial charge in [-0.15, -0.1) is 0 Å². The van der Waals surface area contributed by atoms with Crippen LogP contribution < -0.4 is 14.6 Å². The summed E-state index contributed by atoms with van der Waals surface area (Å²) in [6.07, 6.45) is 0. The van der Waals surface area contributed by atoms with Crippen molar-refractivity contribution in [3.63, 3.8) is 0 Å². The summed E-state index contributed by atoms with van der Waals surface area (Å²) in [6.45, 7) is 0. The Kier molecular flexibility index (Phi) is 4.85. The van der Waals surface area contributed by atoms with Crippen molar-refractivity contribution in [1.29, 1.82) is 0 Å². The number of hydrogen-bond acceptors (Lipinski definition) is 5. The minimum atomic E-state index is -3.90. The minimum absolute atomic E-state index is 0.114. The van der Waals surface area contributed by atoms with Crippen molar-refractivity contribution in [3.05, 3.63) is 47.5 Å². The molecule has 0 aliphatic rings. The number of nitrogens with two attached hydrogens (primary N) is 1. The molecule has 0 amide bonds. The van der Waals surface area contributed by atoms with E-state index >= 15 is 0 Å². The third-order valence-corrected chi connectivity index (χ3v) is 5.49. The van der Waals surface area contributed by atoms with Crippen molar-refractivity contribution in [2.75, 3.05) is 11.8 Å². The maximum absolute atomic E-state index is 12.3. The van der Waals surface area contributed by atoms with Crippen LogP contribution in [0.5, 0.6) is 5.75 Å². The van der Waals surface area contributed by atoms with Gasteiger partial charge >= 0.3 is 0 Å². The topological polar surface area (TPSA) is 116 Å². The lowest BCUT2D eigenvalue weighted by Gasteiger charge is -2.10. The number of sulfonamides is 2. The molecule has 2 rings (SSSR count). The molecular weight excluding hydrogens is 364 g/mol. The Labute approximate surface area is 139 Å². The molecule has 7 nitrogen and oxygen atoms in total. The molecule has 3 N–H and O–H groups in total. The van der Waals surface area contributed by atoms with E-state index in [1.807, 2.05) is 0 Å². The average Bonchev–Trinajstić information content (AvgIpc) is 2.46. The Hall–Kier alpha value is -1.81. The van der Waals surface area contributed by atoms with E-state index in [4.69, 9.17) is 21.5 Å². The lowest BCUT2D eigenvalue weighted by molar-refractivity contribution is 0.415.